The monoisotopic (exact) mass is 396 g/mol. The highest BCUT2D eigenvalue weighted by atomic mass is 35.5. The second-order valence-corrected chi connectivity index (χ2v) is 6.93. The lowest BCUT2D eigenvalue weighted by atomic mass is 10.2. The summed E-state index contributed by atoms with van der Waals surface area (Å²) in [6.45, 7) is 1.99. The highest BCUT2D eigenvalue weighted by Gasteiger charge is 2.16. The van der Waals surface area contributed by atoms with E-state index in [9.17, 15) is 4.79 Å². The molecule has 6 heteroatoms. The Labute approximate surface area is 165 Å². The maximum absolute atomic E-state index is 12.5. The van der Waals surface area contributed by atoms with Crippen molar-refractivity contribution in [1.82, 2.24) is 4.98 Å². The number of benzene rings is 3. The van der Waals surface area contributed by atoms with Crippen molar-refractivity contribution in [3.63, 3.8) is 0 Å². The summed E-state index contributed by atoms with van der Waals surface area (Å²) in [5, 5.41) is 3.76. The summed E-state index contributed by atoms with van der Waals surface area (Å²) in [7, 11) is 0. The van der Waals surface area contributed by atoms with Crippen LogP contribution >= 0.6 is 23.2 Å². The largest absolute Gasteiger partial charge is 0.436 e. The number of nitrogens with zero attached hydrogens (tertiary/aromatic N) is 1. The quantitative estimate of drug-likeness (QED) is 0.438. The second kappa shape index (κ2) is 7.06. The number of amides is 1. The highest BCUT2D eigenvalue weighted by molar-refractivity contribution is 6.38. The molecule has 4 aromatic rings. The molecule has 0 fully saturated rings. The zero-order chi connectivity index (χ0) is 19.0. The first-order chi connectivity index (χ1) is 13.0. The van der Waals surface area contributed by atoms with Crippen LogP contribution in [0.1, 0.15) is 15.9 Å². The van der Waals surface area contributed by atoms with E-state index in [-0.39, 0.29) is 5.91 Å². The minimum atomic E-state index is -0.227. The van der Waals surface area contributed by atoms with Crippen molar-refractivity contribution < 1.29 is 9.21 Å². The van der Waals surface area contributed by atoms with Crippen molar-refractivity contribution in [3.8, 4) is 11.5 Å². The van der Waals surface area contributed by atoms with Crippen molar-refractivity contribution in [2.75, 3.05) is 5.32 Å². The first kappa shape index (κ1) is 17.6. The van der Waals surface area contributed by atoms with E-state index < -0.39 is 0 Å². The lowest BCUT2D eigenvalue weighted by molar-refractivity contribution is 0.102. The Morgan fingerprint density at radius 2 is 1.70 bits per heavy atom. The molecule has 1 heterocycles. The predicted octanol–water partition coefficient (Wildman–Crippen LogP) is 6.36. The van der Waals surface area contributed by atoms with Crippen molar-refractivity contribution in [2.45, 2.75) is 6.92 Å². The molecule has 0 saturated carbocycles. The minimum Gasteiger partial charge on any atom is -0.436 e. The van der Waals surface area contributed by atoms with E-state index in [0.717, 1.165) is 11.3 Å². The first-order valence-corrected chi connectivity index (χ1v) is 9.00. The van der Waals surface area contributed by atoms with Gasteiger partial charge in [0, 0.05) is 11.3 Å². The molecular formula is C21H14Cl2N2O2. The molecule has 0 bridgehead atoms. The van der Waals surface area contributed by atoms with Gasteiger partial charge in [-0.1, -0.05) is 47.0 Å². The molecule has 0 spiro atoms. The predicted molar refractivity (Wildman–Crippen MR) is 109 cm³/mol. The van der Waals surface area contributed by atoms with Gasteiger partial charge in [0.15, 0.2) is 5.58 Å². The number of rotatable bonds is 3. The number of fused-ring (bicyclic) bond motifs is 1. The van der Waals surface area contributed by atoms with Gasteiger partial charge >= 0.3 is 0 Å². The second-order valence-electron chi connectivity index (χ2n) is 6.12. The van der Waals surface area contributed by atoms with Gasteiger partial charge in [-0.15, -0.1) is 0 Å². The summed E-state index contributed by atoms with van der Waals surface area (Å²) < 4.78 is 5.81. The molecule has 1 amide bonds. The summed E-state index contributed by atoms with van der Waals surface area (Å²) in [5.74, 6) is 0.0890. The molecule has 1 aromatic heterocycles. The molecule has 134 valence electrons. The number of carbonyl (C=O) groups excluding carboxylic acids is 1. The van der Waals surface area contributed by atoms with Crippen LogP contribution in [0.15, 0.2) is 65.1 Å². The van der Waals surface area contributed by atoms with Gasteiger partial charge in [-0.2, -0.15) is 0 Å². The lowest BCUT2D eigenvalue weighted by Crippen LogP contribution is -2.11. The van der Waals surface area contributed by atoms with Crippen LogP contribution in [0.5, 0.6) is 0 Å². The molecule has 0 aliphatic rings. The van der Waals surface area contributed by atoms with Crippen LogP contribution < -0.4 is 5.32 Å². The summed E-state index contributed by atoms with van der Waals surface area (Å²) in [4.78, 5) is 16.9. The number of carbonyl (C=O) groups is 1. The number of aryl methyl sites for hydroxylation is 1. The number of hydrogen-bond acceptors (Lipinski definition) is 3. The molecule has 27 heavy (non-hydrogen) atoms. The third-order valence-electron chi connectivity index (χ3n) is 4.14. The standard InChI is InChI=1S/C21H14Cl2N2O2/c1-12-5-8-14(9-6-12)24-20(26)13-7-10-17-18(11-13)27-21(25-17)19-15(22)3-2-4-16(19)23/h2-11H,1H3,(H,24,26). The van der Waals surface area contributed by atoms with Crippen LogP contribution in [0, 0.1) is 6.92 Å². The Morgan fingerprint density at radius 1 is 1.00 bits per heavy atom. The van der Waals surface area contributed by atoms with Gasteiger partial charge in [-0.25, -0.2) is 4.98 Å². The van der Waals surface area contributed by atoms with E-state index >= 15 is 0 Å². The lowest BCUT2D eigenvalue weighted by Gasteiger charge is -2.05. The zero-order valence-corrected chi connectivity index (χ0v) is 15.8. The van der Waals surface area contributed by atoms with Crippen LogP contribution in [-0.2, 0) is 0 Å². The number of oxazole rings is 1. The van der Waals surface area contributed by atoms with Crippen LogP contribution in [0.25, 0.3) is 22.6 Å². The average Bonchev–Trinajstić information content (AvgIpc) is 3.06. The molecule has 3 aromatic carbocycles. The maximum atomic E-state index is 12.5. The summed E-state index contributed by atoms with van der Waals surface area (Å²) in [6.07, 6.45) is 0. The molecule has 1 N–H and O–H groups in total. The number of halogens is 2. The number of hydrogen-bond donors (Lipinski definition) is 1. The fourth-order valence-corrected chi connectivity index (χ4v) is 3.27. The van der Waals surface area contributed by atoms with Gasteiger partial charge < -0.3 is 9.73 Å². The molecule has 0 saturated heterocycles. The Morgan fingerprint density at radius 3 is 2.41 bits per heavy atom. The SMILES string of the molecule is Cc1ccc(NC(=O)c2ccc3nc(-c4c(Cl)cccc4Cl)oc3c2)cc1. The molecule has 4 rings (SSSR count). The zero-order valence-electron chi connectivity index (χ0n) is 14.3. The van der Waals surface area contributed by atoms with E-state index in [1.54, 1.807) is 36.4 Å². The van der Waals surface area contributed by atoms with Crippen LogP contribution in [0.3, 0.4) is 0 Å². The van der Waals surface area contributed by atoms with Gasteiger partial charge in [0.25, 0.3) is 5.91 Å². The summed E-state index contributed by atoms with van der Waals surface area (Å²) in [6, 6.07) is 17.9. The molecule has 0 unspecified atom stereocenters. The Hall–Kier alpha value is -2.82. The molecule has 0 atom stereocenters. The van der Waals surface area contributed by atoms with E-state index in [1.165, 1.54) is 0 Å². The number of aromatic nitrogens is 1. The van der Waals surface area contributed by atoms with Crippen LogP contribution in [-0.4, -0.2) is 10.9 Å². The van der Waals surface area contributed by atoms with Gasteiger partial charge in [0.1, 0.15) is 5.52 Å². The normalized spacial score (nSPS) is 10.9. The fraction of sp³-hybridized carbons (Fsp3) is 0.0476. The van der Waals surface area contributed by atoms with Crippen LogP contribution in [0.4, 0.5) is 5.69 Å². The topological polar surface area (TPSA) is 55.1 Å². The molecule has 0 aliphatic carbocycles. The van der Waals surface area contributed by atoms with Crippen molar-refractivity contribution >= 4 is 45.9 Å². The Balaban J connectivity index is 1.66. The molecule has 4 nitrogen and oxygen atoms in total. The van der Waals surface area contributed by atoms with E-state index in [0.29, 0.717) is 38.2 Å². The van der Waals surface area contributed by atoms with Crippen LogP contribution in [0.2, 0.25) is 10.0 Å². The van der Waals surface area contributed by atoms with E-state index in [4.69, 9.17) is 27.6 Å². The van der Waals surface area contributed by atoms with Gasteiger partial charge in [0.05, 0.1) is 15.6 Å². The van der Waals surface area contributed by atoms with Crippen molar-refractivity contribution in [3.05, 3.63) is 81.8 Å². The number of anilines is 1. The van der Waals surface area contributed by atoms with E-state index in [1.807, 2.05) is 31.2 Å². The Bertz CT molecular complexity index is 1130. The van der Waals surface area contributed by atoms with Gasteiger partial charge in [-0.3, -0.25) is 4.79 Å². The first-order valence-electron chi connectivity index (χ1n) is 8.24. The highest BCUT2D eigenvalue weighted by Crippen LogP contribution is 2.35. The van der Waals surface area contributed by atoms with Crippen molar-refractivity contribution in [2.24, 2.45) is 0 Å². The smallest absolute Gasteiger partial charge is 0.255 e. The molecule has 0 aliphatic heterocycles. The van der Waals surface area contributed by atoms with Gasteiger partial charge in [0.2, 0.25) is 5.89 Å². The Kier molecular flexibility index (Phi) is 4.60. The number of nitrogens with one attached hydrogen (secondary N) is 1. The minimum absolute atomic E-state index is 0.227. The van der Waals surface area contributed by atoms with Crippen molar-refractivity contribution in [1.29, 1.82) is 0 Å². The third kappa shape index (κ3) is 3.54. The fourth-order valence-electron chi connectivity index (χ4n) is 2.72. The average molecular weight is 397 g/mol. The summed E-state index contributed by atoms with van der Waals surface area (Å²) in [5.41, 5.74) is 3.96. The molecule has 0 radical (unpaired) electrons. The molecular weight excluding hydrogens is 383 g/mol. The van der Waals surface area contributed by atoms with E-state index in [2.05, 4.69) is 10.3 Å². The third-order valence-corrected chi connectivity index (χ3v) is 4.77. The summed E-state index contributed by atoms with van der Waals surface area (Å²) >= 11 is 12.5. The maximum Gasteiger partial charge on any atom is 0.255 e. The van der Waals surface area contributed by atoms with Gasteiger partial charge in [-0.05, 0) is 49.4 Å².